The van der Waals surface area contributed by atoms with E-state index in [4.69, 9.17) is 0 Å². The van der Waals surface area contributed by atoms with E-state index in [-0.39, 0.29) is 17.8 Å². The topological polar surface area (TPSA) is 87.7 Å². The van der Waals surface area contributed by atoms with Crippen LogP contribution in [0.2, 0.25) is 0 Å². The summed E-state index contributed by atoms with van der Waals surface area (Å²) >= 11 is 0. The van der Waals surface area contributed by atoms with Gasteiger partial charge >= 0.3 is 11.5 Å². The summed E-state index contributed by atoms with van der Waals surface area (Å²) in [6.07, 6.45) is 1.73. The molecule has 0 atom stereocenters. The Kier molecular flexibility index (Phi) is 4.73. The van der Waals surface area contributed by atoms with Gasteiger partial charge in [0.05, 0.1) is 28.8 Å². The number of hydrogen-bond acceptors (Lipinski definition) is 5. The number of aromatic nitrogens is 1. The Balaban J connectivity index is 1.50. The number of anilines is 1. The summed E-state index contributed by atoms with van der Waals surface area (Å²) < 4.78 is 76.3. The number of para-hydroxylation sites is 1. The predicted molar refractivity (Wildman–Crippen MR) is 112 cm³/mol. The predicted octanol–water partition coefficient (Wildman–Crippen LogP) is 4.17. The Morgan fingerprint density at radius 3 is 2.26 bits per heavy atom. The van der Waals surface area contributed by atoms with Crippen LogP contribution in [0.5, 0.6) is 0 Å². The zero-order valence-electron chi connectivity index (χ0n) is 17.2. The minimum atomic E-state index is -5.58. The number of hydrogen-bond donors (Lipinski definition) is 0. The molecule has 1 aromatic heterocycles. The van der Waals surface area contributed by atoms with Crippen LogP contribution in [0.4, 0.5) is 28.0 Å². The third-order valence-corrected chi connectivity index (χ3v) is 7.63. The van der Waals surface area contributed by atoms with Crippen LogP contribution < -0.4 is 4.90 Å². The highest BCUT2D eigenvalue weighted by Gasteiger charge is 2.65. The van der Waals surface area contributed by atoms with Crippen molar-refractivity contribution in [1.29, 1.82) is 0 Å². The van der Waals surface area contributed by atoms with E-state index in [0.29, 0.717) is 35.9 Å². The Hall–Kier alpha value is -3.54. The number of sulfone groups is 1. The fourth-order valence-corrected chi connectivity index (χ4v) is 4.93. The quantitative estimate of drug-likeness (QED) is 0.402. The van der Waals surface area contributed by atoms with Gasteiger partial charge in [-0.1, -0.05) is 18.2 Å². The molecule has 0 N–H and O–H groups in total. The molecule has 5 rings (SSSR count). The monoisotopic (exact) mass is 493 g/mol. The largest absolute Gasteiger partial charge is 0.501 e. The van der Waals surface area contributed by atoms with Crippen LogP contribution in [-0.4, -0.2) is 41.3 Å². The van der Waals surface area contributed by atoms with Crippen LogP contribution in [-0.2, 0) is 21.2 Å². The third-order valence-electron chi connectivity index (χ3n) is 6.12. The molecule has 12 heteroatoms. The van der Waals surface area contributed by atoms with Crippen molar-refractivity contribution in [2.45, 2.75) is 35.3 Å². The van der Waals surface area contributed by atoms with Crippen molar-refractivity contribution in [3.63, 3.8) is 0 Å². The molecule has 1 saturated carbocycles. The third kappa shape index (κ3) is 3.16. The number of pyridine rings is 1. The van der Waals surface area contributed by atoms with Gasteiger partial charge in [-0.05, 0) is 43.2 Å². The first-order valence-corrected chi connectivity index (χ1v) is 11.6. The van der Waals surface area contributed by atoms with E-state index < -0.39 is 43.5 Å². The molecule has 2 aliphatic rings. The second-order valence-electron chi connectivity index (χ2n) is 8.09. The number of imide groups is 1. The van der Waals surface area contributed by atoms with Crippen LogP contribution in [0.3, 0.4) is 0 Å². The number of carbonyl (C=O) groups is 2. The fourth-order valence-electron chi connectivity index (χ4n) is 4.16. The lowest BCUT2D eigenvalue weighted by Gasteiger charge is -2.22. The molecular weight excluding hydrogens is 478 g/mol. The minimum absolute atomic E-state index is 0.0787. The highest BCUT2D eigenvalue weighted by Crippen LogP contribution is 2.50. The Morgan fingerprint density at radius 2 is 1.65 bits per heavy atom. The highest BCUT2D eigenvalue weighted by molar-refractivity contribution is 7.92. The molecule has 3 amide bonds. The van der Waals surface area contributed by atoms with E-state index in [0.717, 1.165) is 23.2 Å². The zero-order valence-corrected chi connectivity index (χ0v) is 18.0. The Morgan fingerprint density at radius 1 is 1.00 bits per heavy atom. The number of benzene rings is 2. The van der Waals surface area contributed by atoms with E-state index in [1.807, 2.05) is 0 Å². The first-order chi connectivity index (χ1) is 16.0. The van der Waals surface area contributed by atoms with E-state index in [1.165, 1.54) is 4.90 Å². The highest BCUT2D eigenvalue weighted by atomic mass is 32.2. The SMILES string of the molecule is O=C1N(c2ccc(S(=O)(=O)C(F)(F)F)cc2)C(=O)C2(CC2)N1Cc1c(F)cnc2ccccc12. The molecule has 2 heterocycles. The first kappa shape index (κ1) is 22.3. The molecule has 176 valence electrons. The molecule has 7 nitrogen and oxygen atoms in total. The molecule has 0 unspecified atom stereocenters. The number of nitrogens with zero attached hydrogens (tertiary/aromatic N) is 3. The Bertz CT molecular complexity index is 1450. The summed E-state index contributed by atoms with van der Waals surface area (Å²) in [7, 11) is -5.58. The molecule has 1 aliphatic carbocycles. The van der Waals surface area contributed by atoms with Crippen LogP contribution in [0.1, 0.15) is 18.4 Å². The molecule has 1 saturated heterocycles. The van der Waals surface area contributed by atoms with Gasteiger partial charge in [0.15, 0.2) is 0 Å². The summed E-state index contributed by atoms with van der Waals surface area (Å²) in [6.45, 7) is -0.212. The number of alkyl halides is 3. The maximum atomic E-state index is 14.7. The average molecular weight is 493 g/mol. The molecular formula is C22H15F4N3O4S. The lowest BCUT2D eigenvalue weighted by atomic mass is 10.1. The van der Waals surface area contributed by atoms with Crippen molar-refractivity contribution >= 4 is 38.4 Å². The van der Waals surface area contributed by atoms with E-state index in [1.54, 1.807) is 24.3 Å². The van der Waals surface area contributed by atoms with Crippen molar-refractivity contribution in [3.05, 3.63) is 66.1 Å². The van der Waals surface area contributed by atoms with Gasteiger partial charge in [0, 0.05) is 10.9 Å². The van der Waals surface area contributed by atoms with E-state index in [9.17, 15) is 35.6 Å². The zero-order chi connectivity index (χ0) is 24.5. The number of rotatable bonds is 4. The van der Waals surface area contributed by atoms with Crippen LogP contribution in [0.15, 0.2) is 59.6 Å². The van der Waals surface area contributed by atoms with Gasteiger partial charge in [0.2, 0.25) is 0 Å². The second-order valence-corrected chi connectivity index (χ2v) is 10.0. The van der Waals surface area contributed by atoms with Gasteiger partial charge in [-0.3, -0.25) is 9.78 Å². The molecule has 34 heavy (non-hydrogen) atoms. The fraction of sp³-hybridized carbons (Fsp3) is 0.227. The van der Waals surface area contributed by atoms with E-state index >= 15 is 0 Å². The van der Waals surface area contributed by atoms with Gasteiger partial charge in [-0.25, -0.2) is 22.5 Å². The van der Waals surface area contributed by atoms with Gasteiger partial charge in [0.25, 0.3) is 15.7 Å². The summed E-state index contributed by atoms with van der Waals surface area (Å²) in [6, 6.07) is 9.31. The minimum Gasteiger partial charge on any atom is -0.305 e. The Labute approximate surface area is 190 Å². The first-order valence-electron chi connectivity index (χ1n) is 10.1. The summed E-state index contributed by atoms with van der Waals surface area (Å²) in [5.41, 5.74) is -6.04. The van der Waals surface area contributed by atoms with Gasteiger partial charge in [0.1, 0.15) is 11.4 Å². The van der Waals surface area contributed by atoms with Crippen LogP contribution in [0.25, 0.3) is 10.9 Å². The molecule has 1 aliphatic heterocycles. The lowest BCUT2D eigenvalue weighted by molar-refractivity contribution is -0.120. The summed E-state index contributed by atoms with van der Waals surface area (Å²) in [5, 5.41) is 0.485. The van der Waals surface area contributed by atoms with Crippen molar-refractivity contribution in [3.8, 4) is 0 Å². The molecule has 1 spiro atoms. The van der Waals surface area contributed by atoms with Crippen LogP contribution in [0, 0.1) is 5.82 Å². The molecule has 0 bridgehead atoms. The number of fused-ring (bicyclic) bond motifs is 1. The number of amides is 3. The lowest BCUT2D eigenvalue weighted by Crippen LogP contribution is -2.36. The van der Waals surface area contributed by atoms with Crippen molar-refractivity contribution in [1.82, 2.24) is 9.88 Å². The van der Waals surface area contributed by atoms with Crippen molar-refractivity contribution in [2.24, 2.45) is 0 Å². The van der Waals surface area contributed by atoms with Gasteiger partial charge < -0.3 is 4.90 Å². The summed E-state index contributed by atoms with van der Waals surface area (Å²) in [4.78, 5) is 31.5. The molecule has 0 radical (unpaired) electrons. The van der Waals surface area contributed by atoms with Crippen molar-refractivity contribution in [2.75, 3.05) is 4.90 Å². The number of halogens is 4. The average Bonchev–Trinajstić information content (AvgIpc) is 3.56. The van der Waals surface area contributed by atoms with E-state index in [2.05, 4.69) is 4.98 Å². The van der Waals surface area contributed by atoms with Gasteiger partial charge in [-0.15, -0.1) is 0 Å². The number of urea groups is 1. The molecule has 2 fully saturated rings. The summed E-state index contributed by atoms with van der Waals surface area (Å²) in [5.74, 6) is -1.24. The second kappa shape index (κ2) is 7.23. The molecule has 3 aromatic rings. The maximum Gasteiger partial charge on any atom is 0.501 e. The van der Waals surface area contributed by atoms with Gasteiger partial charge in [-0.2, -0.15) is 13.2 Å². The normalized spacial score (nSPS) is 17.8. The standard InChI is InChI=1S/C22H15F4N3O4S/c23-17-11-27-18-4-2-1-3-15(18)16(17)12-28-20(31)29(19(30)21(28)9-10-21)13-5-7-14(8-6-13)34(32,33)22(24,25)26/h1-8,11H,9-10,12H2. The number of carbonyl (C=O) groups excluding carboxylic acids is 2. The molecule has 2 aromatic carbocycles. The van der Waals surface area contributed by atoms with Crippen molar-refractivity contribution < 1.29 is 35.6 Å². The van der Waals surface area contributed by atoms with Crippen LogP contribution >= 0.6 is 0 Å². The smallest absolute Gasteiger partial charge is 0.305 e. The maximum absolute atomic E-state index is 14.7.